The molecule has 2 fully saturated rings. The van der Waals surface area contributed by atoms with Crippen molar-refractivity contribution in [1.82, 2.24) is 0 Å². The second-order valence-corrected chi connectivity index (χ2v) is 15.9. The molecule has 2 saturated carbocycles. The van der Waals surface area contributed by atoms with Crippen molar-refractivity contribution >= 4 is 11.9 Å². The lowest BCUT2D eigenvalue weighted by molar-refractivity contribution is -0.139. The standard InChI is InChI=1S/C46H66O7/c1-7-35-26-39(38-18-16-37(17-19-38)36-14-12-33(6)13-15-36)20-21-43(35)42-27-40(10-8-23-52-45(49)31(2)3)44(51-25-22-34(29-47)30-48)41(28-42)11-9-24-53-46(50)32(4)5/h20-21,26-28,33-34,36-38,47-48H,2,4,7-19,22-25,29-30H2,1,3,5-6H3. The Hall–Kier alpha value is -3.42. The van der Waals surface area contributed by atoms with Crippen LogP contribution in [0, 0.1) is 23.7 Å². The van der Waals surface area contributed by atoms with Crippen molar-refractivity contribution in [3.63, 3.8) is 0 Å². The molecule has 0 aliphatic heterocycles. The molecule has 2 aromatic rings. The summed E-state index contributed by atoms with van der Waals surface area (Å²) in [6, 6.07) is 11.5. The van der Waals surface area contributed by atoms with Crippen LogP contribution in [0.3, 0.4) is 0 Å². The summed E-state index contributed by atoms with van der Waals surface area (Å²) in [4.78, 5) is 24.2. The monoisotopic (exact) mass is 730 g/mol. The Kier molecular flexibility index (Phi) is 17.1. The van der Waals surface area contributed by atoms with Gasteiger partial charge in [-0.15, -0.1) is 0 Å². The number of aliphatic hydroxyl groups is 2. The van der Waals surface area contributed by atoms with Crippen LogP contribution < -0.4 is 4.74 Å². The lowest BCUT2D eigenvalue weighted by Gasteiger charge is -2.37. The number of esters is 2. The molecule has 0 amide bonds. The second-order valence-electron chi connectivity index (χ2n) is 15.9. The molecule has 2 N–H and O–H groups in total. The molecule has 0 saturated heterocycles. The highest BCUT2D eigenvalue weighted by molar-refractivity contribution is 5.87. The lowest BCUT2D eigenvalue weighted by Crippen LogP contribution is -2.24. The average molecular weight is 731 g/mol. The summed E-state index contributed by atoms with van der Waals surface area (Å²) < 4.78 is 17.3. The van der Waals surface area contributed by atoms with E-state index in [2.05, 4.69) is 57.3 Å². The fraction of sp³-hybridized carbons (Fsp3) is 0.609. The Morgan fingerprint density at radius 2 is 1.28 bits per heavy atom. The largest absolute Gasteiger partial charge is 0.493 e. The van der Waals surface area contributed by atoms with Crippen LogP contribution in [0.4, 0.5) is 0 Å². The number of carbonyl (C=O) groups is 2. The van der Waals surface area contributed by atoms with Crippen LogP contribution in [0.15, 0.2) is 54.6 Å². The van der Waals surface area contributed by atoms with Crippen LogP contribution in [0.25, 0.3) is 11.1 Å². The topological polar surface area (TPSA) is 102 Å². The molecule has 0 heterocycles. The average Bonchev–Trinajstić information content (AvgIpc) is 3.17. The molecule has 0 spiro atoms. The third kappa shape index (κ3) is 12.6. The Balaban J connectivity index is 1.61. The number of ether oxygens (including phenoxy) is 3. The van der Waals surface area contributed by atoms with Gasteiger partial charge in [0.25, 0.3) is 0 Å². The van der Waals surface area contributed by atoms with E-state index in [1.807, 2.05) is 0 Å². The first-order chi connectivity index (χ1) is 25.5. The zero-order valence-electron chi connectivity index (χ0n) is 33.1. The normalized spacial score (nSPS) is 20.2. The summed E-state index contributed by atoms with van der Waals surface area (Å²) in [5.74, 6) is 3.04. The molecular formula is C46H66O7. The first-order valence-corrected chi connectivity index (χ1v) is 20.3. The van der Waals surface area contributed by atoms with Crippen molar-refractivity contribution in [1.29, 1.82) is 0 Å². The number of aliphatic hydroxyl groups excluding tert-OH is 2. The molecule has 4 rings (SSSR count). The molecule has 0 bridgehead atoms. The summed E-state index contributed by atoms with van der Waals surface area (Å²) in [5.41, 5.74) is 7.87. The highest BCUT2D eigenvalue weighted by atomic mass is 16.5. The molecule has 0 aromatic heterocycles. The highest BCUT2D eigenvalue weighted by Crippen LogP contribution is 2.45. The van der Waals surface area contributed by atoms with Crippen LogP contribution in [0.1, 0.15) is 126 Å². The smallest absolute Gasteiger partial charge is 0.333 e. The number of benzene rings is 2. The minimum atomic E-state index is -0.399. The maximum Gasteiger partial charge on any atom is 0.333 e. The zero-order valence-corrected chi connectivity index (χ0v) is 33.1. The first-order valence-electron chi connectivity index (χ1n) is 20.3. The third-order valence-electron chi connectivity index (χ3n) is 11.7. The molecule has 0 atom stereocenters. The Morgan fingerprint density at radius 3 is 1.77 bits per heavy atom. The van der Waals surface area contributed by atoms with Gasteiger partial charge in [-0.2, -0.15) is 0 Å². The van der Waals surface area contributed by atoms with Gasteiger partial charge in [-0.25, -0.2) is 9.59 Å². The summed E-state index contributed by atoms with van der Waals surface area (Å²) in [7, 11) is 0. The van der Waals surface area contributed by atoms with Crippen LogP contribution in [-0.4, -0.2) is 55.2 Å². The SMILES string of the molecule is C=C(C)C(=O)OCCCc1cc(-c2ccc(C3CCC(C4CCC(C)CC4)CC3)cc2CC)cc(CCCOC(=O)C(=C)C)c1OCCC(CO)CO. The minimum absolute atomic E-state index is 0.113. The van der Waals surface area contributed by atoms with E-state index in [0.29, 0.717) is 55.8 Å². The van der Waals surface area contributed by atoms with Gasteiger partial charge in [0.15, 0.2) is 0 Å². The maximum absolute atomic E-state index is 12.1. The van der Waals surface area contributed by atoms with E-state index in [-0.39, 0.29) is 32.3 Å². The minimum Gasteiger partial charge on any atom is -0.493 e. The van der Waals surface area contributed by atoms with Crippen molar-refractivity contribution in [3.8, 4) is 16.9 Å². The zero-order chi connectivity index (χ0) is 38.3. The van der Waals surface area contributed by atoms with Gasteiger partial charge in [0.1, 0.15) is 5.75 Å². The molecule has 0 radical (unpaired) electrons. The van der Waals surface area contributed by atoms with E-state index < -0.39 is 11.9 Å². The Labute approximate surface area is 319 Å². The van der Waals surface area contributed by atoms with Gasteiger partial charge in [-0.3, -0.25) is 0 Å². The molecule has 2 aliphatic rings. The van der Waals surface area contributed by atoms with Crippen molar-refractivity contribution in [2.24, 2.45) is 23.7 Å². The molecule has 7 nitrogen and oxygen atoms in total. The van der Waals surface area contributed by atoms with Crippen molar-refractivity contribution in [2.45, 2.75) is 124 Å². The van der Waals surface area contributed by atoms with Gasteiger partial charge in [0, 0.05) is 30.3 Å². The molecule has 292 valence electrons. The summed E-state index contributed by atoms with van der Waals surface area (Å²) >= 11 is 0. The van der Waals surface area contributed by atoms with E-state index in [9.17, 15) is 19.8 Å². The van der Waals surface area contributed by atoms with Gasteiger partial charge < -0.3 is 24.4 Å². The van der Waals surface area contributed by atoms with E-state index in [1.54, 1.807) is 13.8 Å². The fourth-order valence-corrected chi connectivity index (χ4v) is 8.26. The molecule has 2 aromatic carbocycles. The summed E-state index contributed by atoms with van der Waals surface area (Å²) in [6.45, 7) is 15.9. The predicted molar refractivity (Wildman–Crippen MR) is 213 cm³/mol. The number of hydrogen-bond acceptors (Lipinski definition) is 7. The Bertz CT molecular complexity index is 1450. The Morgan fingerprint density at radius 1 is 0.755 bits per heavy atom. The first kappa shape index (κ1) is 42.3. The van der Waals surface area contributed by atoms with Crippen molar-refractivity contribution in [2.75, 3.05) is 33.0 Å². The molecule has 0 unspecified atom stereocenters. The number of carbonyl (C=O) groups excluding carboxylic acids is 2. The van der Waals surface area contributed by atoms with Gasteiger partial charge >= 0.3 is 11.9 Å². The van der Waals surface area contributed by atoms with E-state index in [4.69, 9.17) is 14.2 Å². The van der Waals surface area contributed by atoms with Gasteiger partial charge in [-0.05, 0) is 160 Å². The molecule has 2 aliphatic carbocycles. The third-order valence-corrected chi connectivity index (χ3v) is 11.7. The van der Waals surface area contributed by atoms with Crippen LogP contribution in [0.5, 0.6) is 5.75 Å². The fourth-order valence-electron chi connectivity index (χ4n) is 8.26. The summed E-state index contributed by atoms with van der Waals surface area (Å²) in [5, 5.41) is 19.3. The predicted octanol–water partition coefficient (Wildman–Crippen LogP) is 9.49. The van der Waals surface area contributed by atoms with Gasteiger partial charge in [-0.1, -0.05) is 58.0 Å². The number of rotatable bonds is 20. The van der Waals surface area contributed by atoms with E-state index in [0.717, 1.165) is 46.6 Å². The highest BCUT2D eigenvalue weighted by Gasteiger charge is 2.30. The lowest BCUT2D eigenvalue weighted by atomic mass is 9.68. The quantitative estimate of drug-likeness (QED) is 0.0795. The molecular weight excluding hydrogens is 664 g/mol. The number of aryl methyl sites for hydroxylation is 3. The van der Waals surface area contributed by atoms with Crippen LogP contribution >= 0.6 is 0 Å². The molecule has 53 heavy (non-hydrogen) atoms. The van der Waals surface area contributed by atoms with E-state index in [1.165, 1.54) is 68.1 Å². The van der Waals surface area contributed by atoms with Crippen molar-refractivity contribution in [3.05, 3.63) is 76.9 Å². The van der Waals surface area contributed by atoms with Crippen molar-refractivity contribution < 1.29 is 34.0 Å². The summed E-state index contributed by atoms with van der Waals surface area (Å²) in [6.07, 6.45) is 14.8. The van der Waals surface area contributed by atoms with Crippen LogP contribution in [-0.2, 0) is 38.3 Å². The number of hydrogen-bond donors (Lipinski definition) is 2. The van der Waals surface area contributed by atoms with Crippen LogP contribution in [0.2, 0.25) is 0 Å². The maximum atomic E-state index is 12.1. The van der Waals surface area contributed by atoms with E-state index >= 15 is 0 Å². The second kappa shape index (κ2) is 21.5. The van der Waals surface area contributed by atoms with Gasteiger partial charge in [0.2, 0.25) is 0 Å². The molecule has 7 heteroatoms. The van der Waals surface area contributed by atoms with Gasteiger partial charge in [0.05, 0.1) is 19.8 Å².